The van der Waals surface area contributed by atoms with Gasteiger partial charge in [0.1, 0.15) is 0 Å². The number of hydrogen-bond donors (Lipinski definition) is 0. The lowest BCUT2D eigenvalue weighted by atomic mass is 9.90. The van der Waals surface area contributed by atoms with Crippen LogP contribution in [-0.2, 0) is 9.53 Å². The van der Waals surface area contributed by atoms with E-state index < -0.39 is 0 Å². The number of piperazine rings is 1. The number of carbonyl (C=O) groups is 1. The van der Waals surface area contributed by atoms with Gasteiger partial charge in [-0.3, -0.25) is 9.69 Å². The van der Waals surface area contributed by atoms with E-state index in [0.717, 1.165) is 50.6 Å². The number of fused-ring (bicyclic) bond motifs is 1. The molecule has 2 aliphatic heterocycles. The molecule has 3 fully saturated rings. The van der Waals surface area contributed by atoms with Crippen molar-refractivity contribution < 1.29 is 9.53 Å². The van der Waals surface area contributed by atoms with Crippen molar-refractivity contribution in [3.63, 3.8) is 0 Å². The lowest BCUT2D eigenvalue weighted by Crippen LogP contribution is -2.58. The van der Waals surface area contributed by atoms with Crippen LogP contribution >= 0.6 is 11.6 Å². The van der Waals surface area contributed by atoms with E-state index in [9.17, 15) is 4.79 Å². The van der Waals surface area contributed by atoms with Gasteiger partial charge >= 0.3 is 0 Å². The molecule has 26 heavy (non-hydrogen) atoms. The molecule has 1 saturated carbocycles. The normalized spacial score (nSPS) is 27.3. The zero-order chi connectivity index (χ0) is 17.9. The van der Waals surface area contributed by atoms with Gasteiger partial charge in [0.05, 0.1) is 25.3 Å². The van der Waals surface area contributed by atoms with Crippen LogP contribution in [0.4, 0.5) is 5.69 Å². The van der Waals surface area contributed by atoms with Crippen molar-refractivity contribution in [2.75, 3.05) is 50.8 Å². The van der Waals surface area contributed by atoms with Crippen LogP contribution in [0.15, 0.2) is 24.3 Å². The number of morpholine rings is 1. The van der Waals surface area contributed by atoms with Crippen LogP contribution in [0.25, 0.3) is 0 Å². The molecule has 3 aliphatic rings. The minimum atomic E-state index is 0.265. The van der Waals surface area contributed by atoms with Gasteiger partial charge in [-0.2, -0.15) is 0 Å². The van der Waals surface area contributed by atoms with Gasteiger partial charge in [-0.05, 0) is 31.0 Å². The van der Waals surface area contributed by atoms with E-state index in [2.05, 4.69) is 20.8 Å². The number of nitrogens with zero attached hydrogens (tertiary/aromatic N) is 3. The minimum absolute atomic E-state index is 0.265. The van der Waals surface area contributed by atoms with Crippen molar-refractivity contribution in [3.8, 4) is 0 Å². The first kappa shape index (κ1) is 18.1. The molecule has 1 aliphatic carbocycles. The Hall–Kier alpha value is -1.30. The summed E-state index contributed by atoms with van der Waals surface area (Å²) < 4.78 is 5.90. The first-order valence-electron chi connectivity index (χ1n) is 9.85. The van der Waals surface area contributed by atoms with E-state index in [4.69, 9.17) is 16.3 Å². The van der Waals surface area contributed by atoms with Crippen molar-refractivity contribution in [1.82, 2.24) is 9.80 Å². The molecule has 5 nitrogen and oxygen atoms in total. The van der Waals surface area contributed by atoms with Gasteiger partial charge in [-0.15, -0.1) is 0 Å². The molecule has 1 aromatic rings. The Morgan fingerprint density at radius 2 is 1.92 bits per heavy atom. The molecule has 1 aromatic carbocycles. The molecule has 0 spiro atoms. The van der Waals surface area contributed by atoms with Crippen LogP contribution in [0, 0.1) is 0 Å². The number of benzene rings is 1. The minimum Gasteiger partial charge on any atom is -0.374 e. The monoisotopic (exact) mass is 377 g/mol. The first-order valence-corrected chi connectivity index (χ1v) is 10.2. The molecule has 0 radical (unpaired) electrons. The summed E-state index contributed by atoms with van der Waals surface area (Å²) in [7, 11) is 0. The molecular formula is C20H28ClN3O2. The molecule has 0 unspecified atom stereocenters. The standard InChI is InChI=1S/C20H28ClN3O2/c21-16-4-3-5-17(14-16)23-10-8-22(9-11-23)15-20(25)24-12-13-26-19-7-2-1-6-18(19)24/h3-5,14,18-19H,1-2,6-13,15H2/t18-,19+/m1/s1. The zero-order valence-electron chi connectivity index (χ0n) is 15.3. The number of amides is 1. The van der Waals surface area contributed by atoms with Crippen LogP contribution < -0.4 is 4.90 Å². The summed E-state index contributed by atoms with van der Waals surface area (Å²) in [4.78, 5) is 19.7. The van der Waals surface area contributed by atoms with Crippen molar-refractivity contribution in [3.05, 3.63) is 29.3 Å². The highest BCUT2D eigenvalue weighted by atomic mass is 35.5. The maximum absolute atomic E-state index is 12.9. The van der Waals surface area contributed by atoms with Gasteiger partial charge in [-0.25, -0.2) is 0 Å². The van der Waals surface area contributed by atoms with Crippen LogP contribution in [-0.4, -0.2) is 73.7 Å². The fraction of sp³-hybridized carbons (Fsp3) is 0.650. The molecule has 0 bridgehead atoms. The van der Waals surface area contributed by atoms with Crippen molar-refractivity contribution in [2.24, 2.45) is 0 Å². The van der Waals surface area contributed by atoms with E-state index in [1.165, 1.54) is 18.5 Å². The number of hydrogen-bond acceptors (Lipinski definition) is 4. The Morgan fingerprint density at radius 3 is 2.73 bits per heavy atom. The average molecular weight is 378 g/mol. The second-order valence-corrected chi connectivity index (χ2v) is 8.03. The SMILES string of the molecule is O=C(CN1CCN(c2cccc(Cl)c2)CC1)N1CCO[C@H]2CCCC[C@H]21. The second-order valence-electron chi connectivity index (χ2n) is 7.59. The highest BCUT2D eigenvalue weighted by Gasteiger charge is 2.37. The van der Waals surface area contributed by atoms with E-state index in [0.29, 0.717) is 19.2 Å². The molecule has 2 heterocycles. The molecule has 0 N–H and O–H groups in total. The summed E-state index contributed by atoms with van der Waals surface area (Å²) >= 11 is 6.11. The quantitative estimate of drug-likeness (QED) is 0.811. The zero-order valence-corrected chi connectivity index (χ0v) is 16.0. The van der Waals surface area contributed by atoms with Gasteiger partial charge in [0, 0.05) is 43.4 Å². The fourth-order valence-corrected chi connectivity index (χ4v) is 4.71. The third-order valence-corrected chi connectivity index (χ3v) is 6.19. The number of halogens is 1. The fourth-order valence-electron chi connectivity index (χ4n) is 4.53. The predicted molar refractivity (Wildman–Crippen MR) is 104 cm³/mol. The van der Waals surface area contributed by atoms with Crippen molar-refractivity contribution >= 4 is 23.2 Å². The van der Waals surface area contributed by atoms with Crippen molar-refractivity contribution in [2.45, 2.75) is 37.8 Å². The number of anilines is 1. The van der Waals surface area contributed by atoms with Crippen LogP contribution in [0.3, 0.4) is 0 Å². The second kappa shape index (κ2) is 8.15. The number of rotatable bonds is 3. The number of carbonyl (C=O) groups excluding carboxylic acids is 1. The van der Waals surface area contributed by atoms with Gasteiger partial charge in [0.25, 0.3) is 0 Å². The Labute approximate surface area is 160 Å². The summed E-state index contributed by atoms with van der Waals surface area (Å²) in [6.07, 6.45) is 4.91. The molecule has 6 heteroatoms. The maximum atomic E-state index is 12.9. The van der Waals surface area contributed by atoms with Gasteiger partial charge < -0.3 is 14.5 Å². The van der Waals surface area contributed by atoms with Crippen LogP contribution in [0.2, 0.25) is 5.02 Å². The van der Waals surface area contributed by atoms with E-state index >= 15 is 0 Å². The maximum Gasteiger partial charge on any atom is 0.237 e. The topological polar surface area (TPSA) is 36.0 Å². The van der Waals surface area contributed by atoms with E-state index in [1.54, 1.807) is 0 Å². The summed E-state index contributed by atoms with van der Waals surface area (Å²) in [5.41, 5.74) is 1.17. The molecule has 2 atom stereocenters. The molecule has 4 rings (SSSR count). The Bertz CT molecular complexity index is 631. The molecular weight excluding hydrogens is 350 g/mol. The van der Waals surface area contributed by atoms with Crippen LogP contribution in [0.1, 0.15) is 25.7 Å². The summed E-state index contributed by atoms with van der Waals surface area (Å²) in [5.74, 6) is 0.279. The van der Waals surface area contributed by atoms with Crippen molar-refractivity contribution in [1.29, 1.82) is 0 Å². The lowest BCUT2D eigenvalue weighted by Gasteiger charge is -2.44. The van der Waals surface area contributed by atoms with Gasteiger partial charge in [0.2, 0.25) is 5.91 Å². The molecule has 2 saturated heterocycles. The smallest absolute Gasteiger partial charge is 0.237 e. The molecule has 142 valence electrons. The Kier molecular flexibility index (Phi) is 5.67. The highest BCUT2D eigenvalue weighted by molar-refractivity contribution is 6.30. The summed E-state index contributed by atoms with van der Waals surface area (Å²) in [6, 6.07) is 8.31. The Balaban J connectivity index is 1.30. The Morgan fingerprint density at radius 1 is 1.12 bits per heavy atom. The number of ether oxygens (including phenoxy) is 1. The highest BCUT2D eigenvalue weighted by Crippen LogP contribution is 2.28. The molecule has 1 amide bonds. The van der Waals surface area contributed by atoms with E-state index in [-0.39, 0.29) is 12.0 Å². The third-order valence-electron chi connectivity index (χ3n) is 5.96. The van der Waals surface area contributed by atoms with Crippen LogP contribution in [0.5, 0.6) is 0 Å². The average Bonchev–Trinajstić information content (AvgIpc) is 2.68. The van der Waals surface area contributed by atoms with Gasteiger partial charge in [0.15, 0.2) is 0 Å². The van der Waals surface area contributed by atoms with Gasteiger partial charge in [-0.1, -0.05) is 30.5 Å². The first-order chi connectivity index (χ1) is 12.7. The van der Waals surface area contributed by atoms with E-state index in [1.807, 2.05) is 18.2 Å². The predicted octanol–water partition coefficient (Wildman–Crippen LogP) is 2.63. The molecule has 0 aromatic heterocycles. The lowest BCUT2D eigenvalue weighted by molar-refractivity contribution is -0.150. The largest absolute Gasteiger partial charge is 0.374 e. The summed E-state index contributed by atoms with van der Waals surface area (Å²) in [6.45, 7) is 5.67. The third kappa shape index (κ3) is 4.00. The summed E-state index contributed by atoms with van der Waals surface area (Å²) in [5, 5.41) is 0.773.